The lowest BCUT2D eigenvalue weighted by molar-refractivity contribution is -0.384. The molecule has 2 aromatic carbocycles. The van der Waals surface area contributed by atoms with E-state index in [4.69, 9.17) is 12.2 Å². The summed E-state index contributed by atoms with van der Waals surface area (Å²) >= 11 is 4.87. The maximum atomic E-state index is 11.9. The van der Waals surface area contributed by atoms with Crippen molar-refractivity contribution in [2.75, 3.05) is 5.32 Å². The molecule has 0 heterocycles. The Bertz CT molecular complexity index is 778. The van der Waals surface area contributed by atoms with Crippen LogP contribution in [0, 0.1) is 10.1 Å². The van der Waals surface area contributed by atoms with Crippen LogP contribution in [-0.4, -0.2) is 21.7 Å². The van der Waals surface area contributed by atoms with Crippen LogP contribution in [0.1, 0.15) is 10.4 Å². The van der Waals surface area contributed by atoms with Gasteiger partial charge in [0.15, 0.2) is 4.99 Å². The van der Waals surface area contributed by atoms with Gasteiger partial charge in [0.05, 0.1) is 4.92 Å². The van der Waals surface area contributed by atoms with Gasteiger partial charge in [-0.15, -0.1) is 0 Å². The third-order valence-corrected chi connectivity index (χ3v) is 3.16. The summed E-state index contributed by atoms with van der Waals surface area (Å²) < 4.78 is 0. The second-order valence-corrected chi connectivity index (χ2v) is 4.94. The number of thiocarbonyl (C=S) groups is 1. The second kappa shape index (κ2) is 7.79. The Morgan fingerprint density at radius 3 is 2.17 bits per heavy atom. The summed E-state index contributed by atoms with van der Waals surface area (Å²) in [6.45, 7) is 0. The molecule has 3 N–H and O–H groups in total. The highest BCUT2D eigenvalue weighted by Gasteiger charge is 2.12. The quantitative estimate of drug-likeness (QED) is 0.444. The average molecular weight is 344 g/mol. The molecule has 0 saturated heterocycles. The lowest BCUT2D eigenvalue weighted by atomic mass is 10.2. The molecule has 0 atom stereocenters. The molecule has 0 saturated carbocycles. The molecule has 0 bridgehead atoms. The highest BCUT2D eigenvalue weighted by Crippen LogP contribution is 2.11. The van der Waals surface area contributed by atoms with E-state index in [0.717, 1.165) is 0 Å². The second-order valence-electron chi connectivity index (χ2n) is 4.53. The van der Waals surface area contributed by atoms with E-state index in [2.05, 4.69) is 16.2 Å². The fourth-order valence-electron chi connectivity index (χ4n) is 1.69. The van der Waals surface area contributed by atoms with Gasteiger partial charge >= 0.3 is 0 Å². The summed E-state index contributed by atoms with van der Waals surface area (Å²) in [7, 11) is 0. The van der Waals surface area contributed by atoms with Crippen LogP contribution in [0.5, 0.6) is 0 Å². The number of hydrogen-bond acceptors (Lipinski definition) is 5. The molecule has 122 valence electrons. The topological polar surface area (TPSA) is 113 Å². The van der Waals surface area contributed by atoms with Crippen molar-refractivity contribution in [3.63, 3.8) is 0 Å². The zero-order chi connectivity index (χ0) is 17.5. The molecule has 0 unspecified atom stereocenters. The number of nitrogens with one attached hydrogen (secondary N) is 3. The van der Waals surface area contributed by atoms with Crippen LogP contribution in [0.2, 0.25) is 0 Å². The molecular weight excluding hydrogens is 332 g/mol. The Labute approximate surface area is 142 Å². The predicted molar refractivity (Wildman–Crippen MR) is 91.4 cm³/mol. The number of nitrogens with zero attached hydrogens (tertiary/aromatic N) is 1. The number of carbonyl (C=O) groups is 2. The van der Waals surface area contributed by atoms with E-state index in [9.17, 15) is 19.7 Å². The standard InChI is InChI=1S/C15H12N4O4S/c20-13(10-6-8-12(9-7-10)19(22)23)17-18-15(24)14(21)16-11-4-2-1-3-5-11/h1-9H,(H,16,21)(H,17,20)(H,18,24). The van der Waals surface area contributed by atoms with Crippen molar-refractivity contribution in [3.05, 3.63) is 70.3 Å². The fourth-order valence-corrected chi connectivity index (χ4v) is 1.79. The monoisotopic (exact) mass is 344 g/mol. The van der Waals surface area contributed by atoms with Crippen LogP contribution in [0.3, 0.4) is 0 Å². The first-order valence-electron chi connectivity index (χ1n) is 6.68. The van der Waals surface area contributed by atoms with Gasteiger partial charge < -0.3 is 5.32 Å². The van der Waals surface area contributed by atoms with Crippen molar-refractivity contribution in [2.45, 2.75) is 0 Å². The molecule has 0 aliphatic carbocycles. The number of nitro benzene ring substituents is 1. The molecule has 0 spiro atoms. The minimum absolute atomic E-state index is 0.128. The Hall–Kier alpha value is -3.33. The molecule has 0 radical (unpaired) electrons. The van der Waals surface area contributed by atoms with Crippen molar-refractivity contribution >= 4 is 40.4 Å². The smallest absolute Gasteiger partial charge is 0.284 e. The number of nitro groups is 1. The molecule has 24 heavy (non-hydrogen) atoms. The highest BCUT2D eigenvalue weighted by atomic mass is 32.1. The Morgan fingerprint density at radius 1 is 0.958 bits per heavy atom. The summed E-state index contributed by atoms with van der Waals surface area (Å²) in [5.74, 6) is -1.17. The number of hydrogen-bond donors (Lipinski definition) is 3. The molecule has 2 amide bonds. The van der Waals surface area contributed by atoms with Crippen molar-refractivity contribution in [2.24, 2.45) is 0 Å². The van der Waals surface area contributed by atoms with Gasteiger partial charge in [-0.05, 0) is 24.3 Å². The Kier molecular flexibility index (Phi) is 5.53. The first-order chi connectivity index (χ1) is 11.5. The van der Waals surface area contributed by atoms with Crippen molar-refractivity contribution in [1.82, 2.24) is 10.9 Å². The lowest BCUT2D eigenvalue weighted by Crippen LogP contribution is -2.45. The van der Waals surface area contributed by atoms with Crippen LogP contribution >= 0.6 is 12.2 Å². The number of benzene rings is 2. The maximum Gasteiger partial charge on any atom is 0.284 e. The van der Waals surface area contributed by atoms with E-state index in [1.54, 1.807) is 30.3 Å². The van der Waals surface area contributed by atoms with Crippen molar-refractivity contribution in [3.8, 4) is 0 Å². The summed E-state index contributed by atoms with van der Waals surface area (Å²) in [6.07, 6.45) is 0. The number of non-ortho nitro benzene ring substituents is 1. The molecule has 8 nitrogen and oxygen atoms in total. The normalized spacial score (nSPS) is 9.67. The SMILES string of the molecule is O=C(Nc1ccccc1)C(=S)NNC(=O)c1ccc([N+](=O)[O-])cc1. The zero-order valence-corrected chi connectivity index (χ0v) is 13.0. The third-order valence-electron chi connectivity index (χ3n) is 2.87. The van der Waals surface area contributed by atoms with Gasteiger partial charge in [0.1, 0.15) is 0 Å². The summed E-state index contributed by atoms with van der Waals surface area (Å²) in [4.78, 5) is 33.5. The van der Waals surface area contributed by atoms with E-state index in [-0.39, 0.29) is 16.2 Å². The van der Waals surface area contributed by atoms with Gasteiger partial charge in [0, 0.05) is 23.4 Å². The Morgan fingerprint density at radius 2 is 1.58 bits per heavy atom. The van der Waals surface area contributed by atoms with Gasteiger partial charge in [0.2, 0.25) is 0 Å². The van der Waals surface area contributed by atoms with Gasteiger partial charge in [0.25, 0.3) is 17.5 Å². The summed E-state index contributed by atoms with van der Waals surface area (Å²) in [5.41, 5.74) is 5.19. The first kappa shape index (κ1) is 17.0. The predicted octanol–water partition coefficient (Wildman–Crippen LogP) is 1.80. The molecular formula is C15H12N4O4S. The van der Waals surface area contributed by atoms with Gasteiger partial charge in [-0.25, -0.2) is 0 Å². The first-order valence-corrected chi connectivity index (χ1v) is 7.09. The van der Waals surface area contributed by atoms with Crippen LogP contribution in [0.4, 0.5) is 11.4 Å². The maximum absolute atomic E-state index is 11.9. The number of rotatable bonds is 3. The minimum atomic E-state index is -0.584. The number of anilines is 1. The third kappa shape index (κ3) is 4.58. The largest absolute Gasteiger partial charge is 0.320 e. The highest BCUT2D eigenvalue weighted by molar-refractivity contribution is 7.82. The summed E-state index contributed by atoms with van der Waals surface area (Å²) in [6, 6.07) is 13.7. The molecule has 0 aromatic heterocycles. The molecule has 9 heteroatoms. The number of hydrazine groups is 1. The van der Waals surface area contributed by atoms with Gasteiger partial charge in [-0.3, -0.25) is 30.6 Å². The van der Waals surface area contributed by atoms with Gasteiger partial charge in [-0.1, -0.05) is 30.4 Å². The number of amides is 2. The molecule has 0 aliphatic rings. The fraction of sp³-hybridized carbons (Fsp3) is 0. The van der Waals surface area contributed by atoms with E-state index < -0.39 is 16.7 Å². The molecule has 2 rings (SSSR count). The summed E-state index contributed by atoms with van der Waals surface area (Å²) in [5, 5.41) is 13.1. The average Bonchev–Trinajstić information content (AvgIpc) is 2.60. The van der Waals surface area contributed by atoms with Crippen molar-refractivity contribution < 1.29 is 14.5 Å². The van der Waals surface area contributed by atoms with Crippen LogP contribution in [0.25, 0.3) is 0 Å². The van der Waals surface area contributed by atoms with Crippen LogP contribution in [-0.2, 0) is 4.79 Å². The molecule has 2 aromatic rings. The van der Waals surface area contributed by atoms with Crippen molar-refractivity contribution in [1.29, 1.82) is 0 Å². The number of para-hydroxylation sites is 1. The van der Waals surface area contributed by atoms with E-state index in [1.807, 2.05) is 0 Å². The van der Waals surface area contributed by atoms with E-state index in [0.29, 0.717) is 5.69 Å². The lowest BCUT2D eigenvalue weighted by Gasteiger charge is -2.10. The zero-order valence-electron chi connectivity index (χ0n) is 12.2. The Balaban J connectivity index is 1.87. The van der Waals surface area contributed by atoms with Crippen LogP contribution < -0.4 is 16.2 Å². The van der Waals surface area contributed by atoms with E-state index in [1.165, 1.54) is 24.3 Å². The molecule has 0 aliphatic heterocycles. The molecule has 0 fully saturated rings. The number of carbonyl (C=O) groups excluding carboxylic acids is 2. The van der Waals surface area contributed by atoms with Crippen LogP contribution in [0.15, 0.2) is 54.6 Å². The minimum Gasteiger partial charge on any atom is -0.320 e. The van der Waals surface area contributed by atoms with Gasteiger partial charge in [-0.2, -0.15) is 0 Å². The van der Waals surface area contributed by atoms with E-state index >= 15 is 0 Å².